The van der Waals surface area contributed by atoms with E-state index in [9.17, 15) is 0 Å². The van der Waals surface area contributed by atoms with Crippen molar-refractivity contribution in [2.24, 2.45) is 5.92 Å². The highest BCUT2D eigenvalue weighted by molar-refractivity contribution is 5.22. The van der Waals surface area contributed by atoms with Gasteiger partial charge in [-0.05, 0) is 24.5 Å². The number of hydrogen-bond donors (Lipinski definition) is 0. The molecule has 0 saturated heterocycles. The maximum Gasteiger partial charge on any atom is 0.131 e. The first-order valence-corrected chi connectivity index (χ1v) is 8.76. The van der Waals surface area contributed by atoms with Crippen molar-refractivity contribution in [1.82, 2.24) is 14.9 Å². The molecule has 4 rings (SSSR count). The minimum absolute atomic E-state index is 0.393. The third-order valence-corrected chi connectivity index (χ3v) is 5.08. The predicted molar refractivity (Wildman–Crippen MR) is 89.2 cm³/mol. The summed E-state index contributed by atoms with van der Waals surface area (Å²) in [5, 5.41) is 0. The first kappa shape index (κ1) is 14.9. The van der Waals surface area contributed by atoms with Crippen LogP contribution in [0.15, 0.2) is 22.7 Å². The van der Waals surface area contributed by atoms with Gasteiger partial charge in [-0.2, -0.15) is 0 Å². The van der Waals surface area contributed by atoms with E-state index in [2.05, 4.69) is 42.8 Å². The molecule has 2 atom stereocenters. The Labute approximate surface area is 137 Å². The second-order valence-electron chi connectivity index (χ2n) is 7.44. The monoisotopic (exact) mass is 311 g/mol. The van der Waals surface area contributed by atoms with Gasteiger partial charge in [0.25, 0.3) is 0 Å². The SMILES string of the molecule is CC(C)c1ncc2c(n1)CCN(Cc1ccc(C3CC3C)o1)C2. The standard InChI is InChI=1S/C19H25N3O/c1-12(2)19-20-9-14-10-22(7-6-17(14)21-19)11-15-4-5-18(23-15)16-8-13(16)3/h4-5,9,12-13,16H,6-8,10-11H2,1-3H3. The summed E-state index contributed by atoms with van der Waals surface area (Å²) in [4.78, 5) is 11.7. The Morgan fingerprint density at radius 2 is 2.17 bits per heavy atom. The van der Waals surface area contributed by atoms with Gasteiger partial charge in [-0.25, -0.2) is 9.97 Å². The topological polar surface area (TPSA) is 42.2 Å². The molecule has 1 saturated carbocycles. The van der Waals surface area contributed by atoms with Crippen LogP contribution in [0.1, 0.15) is 67.6 Å². The molecule has 1 aliphatic carbocycles. The molecule has 0 N–H and O–H groups in total. The summed E-state index contributed by atoms with van der Waals surface area (Å²) in [6.45, 7) is 9.42. The average Bonchev–Trinajstić information content (AvgIpc) is 3.09. The van der Waals surface area contributed by atoms with Gasteiger partial charge < -0.3 is 4.42 Å². The Hall–Kier alpha value is -1.68. The second kappa shape index (κ2) is 5.75. The zero-order chi connectivity index (χ0) is 16.0. The second-order valence-corrected chi connectivity index (χ2v) is 7.44. The summed E-state index contributed by atoms with van der Waals surface area (Å²) >= 11 is 0. The molecule has 4 nitrogen and oxygen atoms in total. The average molecular weight is 311 g/mol. The lowest BCUT2D eigenvalue weighted by molar-refractivity contribution is 0.221. The van der Waals surface area contributed by atoms with Crippen molar-refractivity contribution in [3.05, 3.63) is 46.9 Å². The summed E-state index contributed by atoms with van der Waals surface area (Å²) in [7, 11) is 0. The molecule has 2 aromatic rings. The minimum atomic E-state index is 0.393. The predicted octanol–water partition coefficient (Wildman–Crippen LogP) is 3.87. The Kier molecular flexibility index (Phi) is 3.72. The lowest BCUT2D eigenvalue weighted by Crippen LogP contribution is -2.31. The maximum absolute atomic E-state index is 6.05. The molecule has 1 aliphatic heterocycles. The number of fused-ring (bicyclic) bond motifs is 1. The lowest BCUT2D eigenvalue weighted by atomic mass is 10.1. The van der Waals surface area contributed by atoms with E-state index in [1.54, 1.807) is 0 Å². The highest BCUT2D eigenvalue weighted by atomic mass is 16.3. The number of furan rings is 1. The summed E-state index contributed by atoms with van der Waals surface area (Å²) in [6, 6.07) is 4.31. The van der Waals surface area contributed by atoms with Crippen LogP contribution >= 0.6 is 0 Å². The van der Waals surface area contributed by atoms with E-state index in [0.717, 1.165) is 43.6 Å². The molecule has 0 spiro atoms. The van der Waals surface area contributed by atoms with Gasteiger partial charge in [-0.1, -0.05) is 20.8 Å². The zero-order valence-electron chi connectivity index (χ0n) is 14.2. The fourth-order valence-corrected chi connectivity index (χ4v) is 3.42. The highest BCUT2D eigenvalue weighted by Crippen LogP contribution is 2.47. The van der Waals surface area contributed by atoms with E-state index in [0.29, 0.717) is 11.8 Å². The molecule has 0 radical (unpaired) electrons. The molecule has 1 fully saturated rings. The van der Waals surface area contributed by atoms with Crippen molar-refractivity contribution >= 4 is 0 Å². The van der Waals surface area contributed by atoms with Gasteiger partial charge in [0.2, 0.25) is 0 Å². The fourth-order valence-electron chi connectivity index (χ4n) is 3.42. The normalized spacial score (nSPS) is 24.0. The Bertz CT molecular complexity index is 706. The summed E-state index contributed by atoms with van der Waals surface area (Å²) in [5.41, 5.74) is 2.50. The third-order valence-electron chi connectivity index (χ3n) is 5.08. The molecule has 3 heterocycles. The summed E-state index contributed by atoms with van der Waals surface area (Å²) < 4.78 is 6.05. The largest absolute Gasteiger partial charge is 0.464 e. The van der Waals surface area contributed by atoms with Gasteiger partial charge in [0.15, 0.2) is 0 Å². The van der Waals surface area contributed by atoms with Crippen molar-refractivity contribution in [1.29, 1.82) is 0 Å². The van der Waals surface area contributed by atoms with Crippen LogP contribution in [-0.2, 0) is 19.5 Å². The quantitative estimate of drug-likeness (QED) is 0.859. The molecule has 0 amide bonds. The number of rotatable bonds is 4. The van der Waals surface area contributed by atoms with E-state index in [1.807, 2.05) is 6.20 Å². The van der Waals surface area contributed by atoms with Gasteiger partial charge in [-0.15, -0.1) is 0 Å². The van der Waals surface area contributed by atoms with Gasteiger partial charge in [0.05, 0.1) is 6.54 Å². The molecule has 0 aromatic carbocycles. The Morgan fingerprint density at radius 3 is 2.91 bits per heavy atom. The fraction of sp³-hybridized carbons (Fsp3) is 0.579. The van der Waals surface area contributed by atoms with Crippen LogP contribution in [-0.4, -0.2) is 21.4 Å². The van der Waals surface area contributed by atoms with Crippen molar-refractivity contribution in [3.8, 4) is 0 Å². The Balaban J connectivity index is 1.43. The smallest absolute Gasteiger partial charge is 0.131 e. The maximum atomic E-state index is 6.05. The van der Waals surface area contributed by atoms with E-state index in [-0.39, 0.29) is 0 Å². The van der Waals surface area contributed by atoms with Crippen LogP contribution in [0.25, 0.3) is 0 Å². The van der Waals surface area contributed by atoms with Crippen molar-refractivity contribution < 1.29 is 4.42 Å². The van der Waals surface area contributed by atoms with Crippen molar-refractivity contribution in [3.63, 3.8) is 0 Å². The molecule has 122 valence electrons. The first-order valence-electron chi connectivity index (χ1n) is 8.76. The van der Waals surface area contributed by atoms with Gasteiger partial charge in [0, 0.05) is 48.8 Å². The summed E-state index contributed by atoms with van der Waals surface area (Å²) in [5.74, 6) is 5.07. The number of aromatic nitrogens is 2. The number of hydrogen-bond acceptors (Lipinski definition) is 4. The highest BCUT2D eigenvalue weighted by Gasteiger charge is 2.36. The number of nitrogens with zero attached hydrogens (tertiary/aromatic N) is 3. The first-order chi connectivity index (χ1) is 11.1. The van der Waals surface area contributed by atoms with Crippen LogP contribution in [0.5, 0.6) is 0 Å². The molecular weight excluding hydrogens is 286 g/mol. The van der Waals surface area contributed by atoms with E-state index < -0.39 is 0 Å². The molecule has 23 heavy (non-hydrogen) atoms. The van der Waals surface area contributed by atoms with Gasteiger partial charge in [-0.3, -0.25) is 4.90 Å². The lowest BCUT2D eigenvalue weighted by Gasteiger charge is -2.27. The van der Waals surface area contributed by atoms with E-state index in [1.165, 1.54) is 23.4 Å². The van der Waals surface area contributed by atoms with Crippen molar-refractivity contribution in [2.75, 3.05) is 6.54 Å². The summed E-state index contributed by atoms with van der Waals surface area (Å²) in [6.07, 6.45) is 4.30. The zero-order valence-corrected chi connectivity index (χ0v) is 14.2. The minimum Gasteiger partial charge on any atom is -0.464 e. The molecule has 2 unspecified atom stereocenters. The van der Waals surface area contributed by atoms with Crippen LogP contribution in [0.2, 0.25) is 0 Å². The third kappa shape index (κ3) is 3.05. The van der Waals surface area contributed by atoms with Crippen molar-refractivity contribution in [2.45, 2.75) is 58.5 Å². The molecule has 4 heteroatoms. The Morgan fingerprint density at radius 1 is 1.35 bits per heavy atom. The molecule has 0 bridgehead atoms. The molecule has 2 aromatic heterocycles. The van der Waals surface area contributed by atoms with Crippen LogP contribution in [0.3, 0.4) is 0 Å². The van der Waals surface area contributed by atoms with E-state index >= 15 is 0 Å². The van der Waals surface area contributed by atoms with Crippen LogP contribution in [0.4, 0.5) is 0 Å². The molecule has 2 aliphatic rings. The van der Waals surface area contributed by atoms with Crippen LogP contribution in [0, 0.1) is 5.92 Å². The van der Waals surface area contributed by atoms with Crippen LogP contribution < -0.4 is 0 Å². The van der Waals surface area contributed by atoms with Gasteiger partial charge in [0.1, 0.15) is 17.3 Å². The van der Waals surface area contributed by atoms with Gasteiger partial charge >= 0.3 is 0 Å². The van der Waals surface area contributed by atoms with E-state index in [4.69, 9.17) is 9.40 Å². The molecular formula is C19H25N3O.